The number of rotatable bonds is 51. The average molecular weight is 874 g/mol. The molecule has 0 aromatic carbocycles. The van der Waals surface area contributed by atoms with Gasteiger partial charge in [0.1, 0.15) is 0 Å². The van der Waals surface area contributed by atoms with E-state index < -0.39 is 12.1 Å². The summed E-state index contributed by atoms with van der Waals surface area (Å²) in [4.78, 5) is 24.5. The lowest BCUT2D eigenvalue weighted by molar-refractivity contribution is -0.143. The summed E-state index contributed by atoms with van der Waals surface area (Å²) in [6.07, 6.45) is 61.8. The summed E-state index contributed by atoms with van der Waals surface area (Å²) in [6.45, 7) is 4.85. The quantitative estimate of drug-likeness (QED) is 0.0321. The topological polar surface area (TPSA) is 95.9 Å². The van der Waals surface area contributed by atoms with Gasteiger partial charge in [-0.1, -0.05) is 250 Å². The third-order valence-corrected chi connectivity index (χ3v) is 12.7. The molecule has 366 valence electrons. The van der Waals surface area contributed by atoms with Crippen molar-refractivity contribution in [3.8, 4) is 0 Å². The van der Waals surface area contributed by atoms with Crippen LogP contribution in [-0.2, 0) is 14.3 Å². The molecule has 0 fully saturated rings. The van der Waals surface area contributed by atoms with Gasteiger partial charge in [-0.15, -0.1) is 0 Å². The van der Waals surface area contributed by atoms with Crippen molar-refractivity contribution in [2.24, 2.45) is 0 Å². The van der Waals surface area contributed by atoms with E-state index in [1.165, 1.54) is 212 Å². The molecule has 0 aliphatic rings. The van der Waals surface area contributed by atoms with Gasteiger partial charge in [0.2, 0.25) is 5.91 Å². The van der Waals surface area contributed by atoms with Gasteiger partial charge >= 0.3 is 5.97 Å². The maximum atomic E-state index is 12.5. The minimum absolute atomic E-state index is 0.0299. The van der Waals surface area contributed by atoms with Crippen LogP contribution >= 0.6 is 0 Å². The number of esters is 1. The molecule has 0 rings (SSSR count). The summed E-state index contributed by atoms with van der Waals surface area (Å²) in [5.74, 6) is -0.124. The SMILES string of the molecule is CCCCCCCCC/C=C\CCCCCCCCCC(=O)OCCCCCCCCCCCC(=O)NC(CO)C(O)/C=C/CCCCCCCCCCCCCCCCCC. The Labute approximate surface area is 386 Å². The summed E-state index contributed by atoms with van der Waals surface area (Å²) in [5, 5.41) is 23.1. The maximum Gasteiger partial charge on any atom is 0.305 e. The molecule has 0 saturated heterocycles. The lowest BCUT2D eigenvalue weighted by Crippen LogP contribution is -2.45. The number of carbonyl (C=O) groups is 2. The molecular formula is C56H107NO5. The Hall–Kier alpha value is -1.66. The van der Waals surface area contributed by atoms with Crippen LogP contribution in [0, 0.1) is 0 Å². The van der Waals surface area contributed by atoms with Crippen LogP contribution in [0.4, 0.5) is 0 Å². The molecular weight excluding hydrogens is 767 g/mol. The van der Waals surface area contributed by atoms with Crippen LogP contribution in [0.5, 0.6) is 0 Å². The molecule has 0 radical (unpaired) electrons. The van der Waals surface area contributed by atoms with Gasteiger partial charge in [0.15, 0.2) is 0 Å². The normalized spacial score (nSPS) is 12.8. The highest BCUT2D eigenvalue weighted by Gasteiger charge is 2.18. The highest BCUT2D eigenvalue weighted by atomic mass is 16.5. The molecule has 2 atom stereocenters. The molecule has 0 spiro atoms. The summed E-state index contributed by atoms with van der Waals surface area (Å²) < 4.78 is 5.46. The molecule has 0 saturated carbocycles. The summed E-state index contributed by atoms with van der Waals surface area (Å²) >= 11 is 0. The third-order valence-electron chi connectivity index (χ3n) is 12.7. The van der Waals surface area contributed by atoms with Crippen LogP contribution in [0.15, 0.2) is 24.3 Å². The minimum atomic E-state index is -0.862. The minimum Gasteiger partial charge on any atom is -0.466 e. The highest BCUT2D eigenvalue weighted by molar-refractivity contribution is 5.76. The Morgan fingerprint density at radius 2 is 0.758 bits per heavy atom. The molecule has 3 N–H and O–H groups in total. The van der Waals surface area contributed by atoms with Gasteiger partial charge in [0, 0.05) is 12.8 Å². The van der Waals surface area contributed by atoms with E-state index in [0.29, 0.717) is 19.4 Å². The third kappa shape index (κ3) is 47.8. The average Bonchev–Trinajstić information content (AvgIpc) is 3.27. The van der Waals surface area contributed by atoms with Crippen LogP contribution in [0.25, 0.3) is 0 Å². The Morgan fingerprint density at radius 1 is 0.435 bits per heavy atom. The van der Waals surface area contributed by atoms with E-state index in [2.05, 4.69) is 31.3 Å². The zero-order valence-corrected chi connectivity index (χ0v) is 41.6. The molecule has 0 aliphatic heterocycles. The number of carbonyl (C=O) groups excluding carboxylic acids is 2. The fourth-order valence-corrected chi connectivity index (χ4v) is 8.45. The number of aliphatic hydroxyl groups is 2. The van der Waals surface area contributed by atoms with Gasteiger partial charge in [0.25, 0.3) is 0 Å². The van der Waals surface area contributed by atoms with E-state index in [1.807, 2.05) is 6.08 Å². The molecule has 0 bridgehead atoms. The smallest absolute Gasteiger partial charge is 0.305 e. The Balaban J connectivity index is 3.51. The van der Waals surface area contributed by atoms with Crippen LogP contribution in [-0.4, -0.2) is 47.4 Å². The lowest BCUT2D eigenvalue weighted by Gasteiger charge is -2.20. The van der Waals surface area contributed by atoms with E-state index in [4.69, 9.17) is 4.74 Å². The zero-order chi connectivity index (χ0) is 45.1. The fourth-order valence-electron chi connectivity index (χ4n) is 8.45. The lowest BCUT2D eigenvalue weighted by atomic mass is 10.0. The van der Waals surface area contributed by atoms with Gasteiger partial charge in [0.05, 0.1) is 25.4 Å². The molecule has 0 heterocycles. The first kappa shape index (κ1) is 60.3. The second-order valence-corrected chi connectivity index (χ2v) is 18.9. The molecule has 0 aromatic heterocycles. The monoisotopic (exact) mass is 874 g/mol. The number of ether oxygens (including phenoxy) is 1. The van der Waals surface area contributed by atoms with Crippen molar-refractivity contribution in [1.82, 2.24) is 5.32 Å². The van der Waals surface area contributed by atoms with E-state index in [-0.39, 0.29) is 18.5 Å². The highest BCUT2D eigenvalue weighted by Crippen LogP contribution is 2.16. The second-order valence-electron chi connectivity index (χ2n) is 18.9. The number of amides is 1. The Morgan fingerprint density at radius 3 is 1.15 bits per heavy atom. The van der Waals surface area contributed by atoms with Crippen LogP contribution < -0.4 is 5.32 Å². The number of unbranched alkanes of at least 4 members (excludes halogenated alkanes) is 38. The van der Waals surface area contributed by atoms with Gasteiger partial charge in [-0.05, 0) is 57.8 Å². The van der Waals surface area contributed by atoms with Crippen LogP contribution in [0.1, 0.15) is 296 Å². The first-order valence-corrected chi connectivity index (χ1v) is 27.6. The van der Waals surface area contributed by atoms with E-state index in [9.17, 15) is 19.8 Å². The van der Waals surface area contributed by atoms with Crippen LogP contribution in [0.2, 0.25) is 0 Å². The molecule has 1 amide bonds. The molecule has 2 unspecified atom stereocenters. The number of hydrogen-bond acceptors (Lipinski definition) is 5. The first-order valence-electron chi connectivity index (χ1n) is 27.6. The van der Waals surface area contributed by atoms with Gasteiger partial charge in [-0.25, -0.2) is 0 Å². The van der Waals surface area contributed by atoms with Crippen LogP contribution in [0.3, 0.4) is 0 Å². The standard InChI is InChI=1S/C56H107NO5/c1-3-5-7-9-11-13-15-17-19-21-23-25-27-29-32-36-40-44-48-54(59)53(52-58)57-55(60)49-45-41-37-33-31-35-39-43-47-51-62-56(61)50-46-42-38-34-30-28-26-24-22-20-18-16-14-12-10-8-6-4-2/h20,22,44,48,53-54,58-59H,3-19,21,23-43,45-47,49-52H2,1-2H3,(H,57,60)/b22-20-,48-44+. The van der Waals surface area contributed by atoms with Gasteiger partial charge < -0.3 is 20.3 Å². The van der Waals surface area contributed by atoms with E-state index in [0.717, 1.165) is 57.8 Å². The first-order chi connectivity index (χ1) is 30.5. The maximum absolute atomic E-state index is 12.5. The fraction of sp³-hybridized carbons (Fsp3) is 0.893. The number of hydrogen-bond donors (Lipinski definition) is 3. The summed E-state index contributed by atoms with van der Waals surface area (Å²) in [7, 11) is 0. The Kier molecular flexibility index (Phi) is 50.6. The van der Waals surface area contributed by atoms with Crippen molar-refractivity contribution >= 4 is 11.9 Å². The molecule has 0 aliphatic carbocycles. The molecule has 62 heavy (non-hydrogen) atoms. The zero-order valence-electron chi connectivity index (χ0n) is 41.6. The van der Waals surface area contributed by atoms with Gasteiger partial charge in [-0.2, -0.15) is 0 Å². The van der Waals surface area contributed by atoms with E-state index in [1.54, 1.807) is 6.08 Å². The predicted molar refractivity (Wildman–Crippen MR) is 269 cm³/mol. The summed E-state index contributed by atoms with van der Waals surface area (Å²) in [6, 6.07) is -0.648. The van der Waals surface area contributed by atoms with Crippen molar-refractivity contribution in [3.05, 3.63) is 24.3 Å². The molecule has 0 aromatic rings. The summed E-state index contributed by atoms with van der Waals surface area (Å²) in [5.41, 5.74) is 0. The predicted octanol–water partition coefficient (Wildman–Crippen LogP) is 16.7. The van der Waals surface area contributed by atoms with Crippen molar-refractivity contribution < 1.29 is 24.5 Å². The van der Waals surface area contributed by atoms with Gasteiger partial charge in [-0.3, -0.25) is 9.59 Å². The molecule has 6 nitrogen and oxygen atoms in total. The number of nitrogens with one attached hydrogen (secondary N) is 1. The number of aliphatic hydroxyl groups excluding tert-OH is 2. The van der Waals surface area contributed by atoms with Crippen molar-refractivity contribution in [1.29, 1.82) is 0 Å². The molecule has 6 heteroatoms. The van der Waals surface area contributed by atoms with Crippen molar-refractivity contribution in [2.45, 2.75) is 309 Å². The van der Waals surface area contributed by atoms with Crippen molar-refractivity contribution in [2.75, 3.05) is 13.2 Å². The Bertz CT molecular complexity index is 966. The van der Waals surface area contributed by atoms with Crippen molar-refractivity contribution in [3.63, 3.8) is 0 Å². The second kappa shape index (κ2) is 52.0. The number of allylic oxidation sites excluding steroid dienone is 3. The van der Waals surface area contributed by atoms with E-state index >= 15 is 0 Å². The largest absolute Gasteiger partial charge is 0.466 e.